The smallest absolute Gasteiger partial charge is 0.244 e. The molecule has 0 spiro atoms. The van der Waals surface area contributed by atoms with Crippen LogP contribution < -0.4 is 5.32 Å². The lowest BCUT2D eigenvalue weighted by atomic mass is 10.1. The van der Waals surface area contributed by atoms with E-state index < -0.39 is 0 Å². The molecule has 0 radical (unpaired) electrons. The molecule has 0 bridgehead atoms. The Balaban J connectivity index is 2.79. The van der Waals surface area contributed by atoms with Crippen LogP contribution in [0.3, 0.4) is 0 Å². The fourth-order valence-electron chi connectivity index (χ4n) is 1.88. The van der Waals surface area contributed by atoms with Gasteiger partial charge in [-0.1, -0.05) is 6.07 Å². The first-order chi connectivity index (χ1) is 9.11. The van der Waals surface area contributed by atoms with E-state index in [2.05, 4.69) is 21.2 Å². The second kappa shape index (κ2) is 6.39. The van der Waals surface area contributed by atoms with Gasteiger partial charge in [-0.3, -0.25) is 9.59 Å². The Morgan fingerprint density at radius 2 is 1.90 bits per heavy atom. The summed E-state index contributed by atoms with van der Waals surface area (Å²) in [5.41, 5.74) is 1.43. The Hall–Kier alpha value is -1.36. The van der Waals surface area contributed by atoms with Crippen LogP contribution >= 0.6 is 15.9 Å². The molecule has 0 aliphatic heterocycles. The normalized spacial score (nSPS) is 11.1. The number of nitrogens with zero attached hydrogens (tertiary/aromatic N) is 1. The maximum absolute atomic E-state index is 12.1. The second-order valence-electron chi connectivity index (χ2n) is 5.81. The largest absolute Gasteiger partial charge is 0.329 e. The van der Waals surface area contributed by atoms with Gasteiger partial charge in [0, 0.05) is 16.9 Å². The SMILES string of the molecule is CC(=O)N(CC(=O)Nc1ccc(C)cc1Br)C(C)(C)C. The van der Waals surface area contributed by atoms with Crippen LogP contribution in [0.4, 0.5) is 5.69 Å². The van der Waals surface area contributed by atoms with Crippen molar-refractivity contribution in [2.45, 2.75) is 40.2 Å². The molecule has 1 aromatic carbocycles. The average Bonchev–Trinajstić information content (AvgIpc) is 2.28. The van der Waals surface area contributed by atoms with E-state index in [0.29, 0.717) is 5.69 Å². The van der Waals surface area contributed by atoms with E-state index >= 15 is 0 Å². The van der Waals surface area contributed by atoms with Crippen LogP contribution in [0.5, 0.6) is 0 Å². The first kappa shape index (κ1) is 16.7. The molecule has 1 aromatic rings. The molecular weight excluding hydrogens is 320 g/mol. The number of amides is 2. The monoisotopic (exact) mass is 340 g/mol. The zero-order valence-corrected chi connectivity index (χ0v) is 14.2. The van der Waals surface area contributed by atoms with E-state index in [1.165, 1.54) is 6.92 Å². The molecule has 0 atom stereocenters. The van der Waals surface area contributed by atoms with Crippen molar-refractivity contribution in [2.24, 2.45) is 0 Å². The Kier molecular flexibility index (Phi) is 5.34. The highest BCUT2D eigenvalue weighted by Gasteiger charge is 2.26. The van der Waals surface area contributed by atoms with Crippen molar-refractivity contribution in [3.63, 3.8) is 0 Å². The first-order valence-corrected chi connectivity index (χ1v) is 7.25. The van der Waals surface area contributed by atoms with Crippen LogP contribution in [0.1, 0.15) is 33.3 Å². The van der Waals surface area contributed by atoms with Gasteiger partial charge >= 0.3 is 0 Å². The van der Waals surface area contributed by atoms with Crippen molar-refractivity contribution >= 4 is 33.4 Å². The zero-order chi connectivity index (χ0) is 15.5. The van der Waals surface area contributed by atoms with Gasteiger partial charge in [0.2, 0.25) is 11.8 Å². The molecule has 0 aromatic heterocycles. The average molecular weight is 341 g/mol. The van der Waals surface area contributed by atoms with Crippen LogP contribution in [0.2, 0.25) is 0 Å². The van der Waals surface area contributed by atoms with Gasteiger partial charge < -0.3 is 10.2 Å². The van der Waals surface area contributed by atoms with Crippen LogP contribution in [0.15, 0.2) is 22.7 Å². The second-order valence-corrected chi connectivity index (χ2v) is 6.66. The van der Waals surface area contributed by atoms with Crippen molar-refractivity contribution in [3.8, 4) is 0 Å². The predicted molar refractivity (Wildman–Crippen MR) is 84.6 cm³/mol. The van der Waals surface area contributed by atoms with Gasteiger partial charge in [-0.2, -0.15) is 0 Å². The van der Waals surface area contributed by atoms with Crippen LogP contribution in [-0.4, -0.2) is 28.8 Å². The molecule has 2 amide bonds. The number of hydrogen-bond acceptors (Lipinski definition) is 2. The minimum Gasteiger partial charge on any atom is -0.329 e. The van der Waals surface area contributed by atoms with Gasteiger partial charge in [0.25, 0.3) is 0 Å². The van der Waals surface area contributed by atoms with E-state index in [4.69, 9.17) is 0 Å². The van der Waals surface area contributed by atoms with Gasteiger partial charge in [-0.25, -0.2) is 0 Å². The fraction of sp³-hybridized carbons (Fsp3) is 0.467. The summed E-state index contributed by atoms with van der Waals surface area (Å²) in [6.45, 7) is 9.21. The fourth-order valence-corrected chi connectivity index (χ4v) is 2.47. The summed E-state index contributed by atoms with van der Waals surface area (Å²) in [6, 6.07) is 5.70. The van der Waals surface area contributed by atoms with Gasteiger partial charge in [0.1, 0.15) is 6.54 Å². The van der Waals surface area contributed by atoms with Crippen molar-refractivity contribution in [1.29, 1.82) is 0 Å². The molecule has 4 nitrogen and oxygen atoms in total. The lowest BCUT2D eigenvalue weighted by Crippen LogP contribution is -2.48. The summed E-state index contributed by atoms with van der Waals surface area (Å²) in [7, 11) is 0. The molecule has 1 N–H and O–H groups in total. The van der Waals surface area contributed by atoms with E-state index in [9.17, 15) is 9.59 Å². The molecule has 0 aliphatic rings. The number of halogens is 1. The van der Waals surface area contributed by atoms with E-state index in [-0.39, 0.29) is 23.9 Å². The predicted octanol–water partition coefficient (Wildman–Crippen LogP) is 3.34. The number of anilines is 1. The van der Waals surface area contributed by atoms with Crippen molar-refractivity contribution in [3.05, 3.63) is 28.2 Å². The first-order valence-electron chi connectivity index (χ1n) is 6.45. The molecule has 5 heteroatoms. The number of benzene rings is 1. The molecule has 110 valence electrons. The molecule has 1 rings (SSSR count). The summed E-state index contributed by atoms with van der Waals surface area (Å²) in [4.78, 5) is 25.3. The lowest BCUT2D eigenvalue weighted by molar-refractivity contribution is -0.137. The highest BCUT2D eigenvalue weighted by molar-refractivity contribution is 9.10. The Bertz CT molecular complexity index is 521. The van der Waals surface area contributed by atoms with Crippen molar-refractivity contribution < 1.29 is 9.59 Å². The maximum atomic E-state index is 12.1. The van der Waals surface area contributed by atoms with Gasteiger partial charge in [-0.05, 0) is 61.3 Å². The number of rotatable bonds is 3. The number of carbonyl (C=O) groups excluding carboxylic acids is 2. The molecule has 0 saturated heterocycles. The molecule has 0 unspecified atom stereocenters. The van der Waals surface area contributed by atoms with Crippen molar-refractivity contribution in [1.82, 2.24) is 4.90 Å². The highest BCUT2D eigenvalue weighted by Crippen LogP contribution is 2.23. The lowest BCUT2D eigenvalue weighted by Gasteiger charge is -2.34. The zero-order valence-electron chi connectivity index (χ0n) is 12.6. The topological polar surface area (TPSA) is 49.4 Å². The highest BCUT2D eigenvalue weighted by atomic mass is 79.9. The molecular formula is C15H21BrN2O2. The summed E-state index contributed by atoms with van der Waals surface area (Å²) in [5, 5.41) is 2.82. The third-order valence-corrected chi connectivity index (χ3v) is 3.55. The molecule has 0 saturated carbocycles. The van der Waals surface area contributed by atoms with E-state index in [1.54, 1.807) is 4.90 Å². The summed E-state index contributed by atoms with van der Waals surface area (Å²) in [6.07, 6.45) is 0. The summed E-state index contributed by atoms with van der Waals surface area (Å²) in [5.74, 6) is -0.324. The summed E-state index contributed by atoms with van der Waals surface area (Å²) >= 11 is 3.41. The standard InChI is InChI=1S/C15H21BrN2O2/c1-10-6-7-13(12(16)8-10)17-14(20)9-18(11(2)19)15(3,4)5/h6-8H,9H2,1-5H3,(H,17,20). The minimum atomic E-state index is -0.381. The third-order valence-electron chi connectivity index (χ3n) is 2.89. The summed E-state index contributed by atoms with van der Waals surface area (Å²) < 4.78 is 0.830. The molecule has 0 aliphatic carbocycles. The maximum Gasteiger partial charge on any atom is 0.244 e. The number of hydrogen-bond donors (Lipinski definition) is 1. The van der Waals surface area contributed by atoms with Gasteiger partial charge in [0.15, 0.2) is 0 Å². The Morgan fingerprint density at radius 1 is 1.30 bits per heavy atom. The van der Waals surface area contributed by atoms with Gasteiger partial charge in [-0.15, -0.1) is 0 Å². The number of nitrogens with one attached hydrogen (secondary N) is 1. The van der Waals surface area contributed by atoms with E-state index in [1.807, 2.05) is 45.9 Å². The number of aryl methyl sites for hydroxylation is 1. The Labute approximate surface area is 128 Å². The molecule has 20 heavy (non-hydrogen) atoms. The number of carbonyl (C=O) groups is 2. The Morgan fingerprint density at radius 3 is 2.35 bits per heavy atom. The van der Waals surface area contributed by atoms with Crippen LogP contribution in [0.25, 0.3) is 0 Å². The van der Waals surface area contributed by atoms with E-state index in [0.717, 1.165) is 10.0 Å². The van der Waals surface area contributed by atoms with Gasteiger partial charge in [0.05, 0.1) is 5.69 Å². The van der Waals surface area contributed by atoms with Crippen molar-refractivity contribution in [2.75, 3.05) is 11.9 Å². The minimum absolute atomic E-state index is 0.0408. The molecule has 0 heterocycles. The molecule has 0 fully saturated rings. The van der Waals surface area contributed by atoms with Crippen LogP contribution in [0, 0.1) is 6.92 Å². The third kappa shape index (κ3) is 4.63. The quantitative estimate of drug-likeness (QED) is 0.917. The van der Waals surface area contributed by atoms with Crippen LogP contribution in [-0.2, 0) is 9.59 Å².